The summed E-state index contributed by atoms with van der Waals surface area (Å²) < 4.78 is 33.3. The zero-order chi connectivity index (χ0) is 9.14. The summed E-state index contributed by atoms with van der Waals surface area (Å²) in [5.41, 5.74) is 1.33. The number of halogens is 1. The highest BCUT2D eigenvalue weighted by molar-refractivity contribution is 7.71. The van der Waals surface area contributed by atoms with Crippen LogP contribution in [0.2, 0.25) is 0 Å². The maximum Gasteiger partial charge on any atom is 0.144 e. The molecule has 0 bridgehead atoms. The van der Waals surface area contributed by atoms with Crippen LogP contribution in [-0.4, -0.2) is 8.42 Å². The second-order valence-electron chi connectivity index (χ2n) is 2.56. The van der Waals surface area contributed by atoms with Gasteiger partial charge in [-0.15, -0.1) is 0 Å². The molecule has 0 unspecified atom stereocenters. The summed E-state index contributed by atoms with van der Waals surface area (Å²) in [5.74, 6) is -0.480. The van der Waals surface area contributed by atoms with Crippen molar-refractivity contribution in [1.29, 1.82) is 0 Å². The first-order valence-electron chi connectivity index (χ1n) is 3.46. The van der Waals surface area contributed by atoms with Gasteiger partial charge in [0, 0.05) is 0 Å². The number of benzene rings is 1. The van der Waals surface area contributed by atoms with Crippen LogP contribution in [-0.2, 0) is 16.5 Å². The largest absolute Gasteiger partial charge is 0.232 e. The third-order valence-electron chi connectivity index (χ3n) is 1.61. The van der Waals surface area contributed by atoms with Gasteiger partial charge in [0.2, 0.25) is 0 Å². The summed E-state index contributed by atoms with van der Waals surface area (Å²) in [6.07, 6.45) is 0. The third kappa shape index (κ3) is 2.30. The number of aryl methyl sites for hydroxylation is 1. The molecule has 0 amide bonds. The van der Waals surface area contributed by atoms with Gasteiger partial charge in [-0.3, -0.25) is 0 Å². The molecular weight excluding hydrogens is 179 g/mol. The zero-order valence-electron chi connectivity index (χ0n) is 6.58. The van der Waals surface area contributed by atoms with Crippen LogP contribution >= 0.6 is 0 Å². The van der Waals surface area contributed by atoms with Crippen molar-refractivity contribution in [3.8, 4) is 0 Å². The SMILES string of the molecule is Cc1ccc(F)cc1C[SH](=O)=O. The van der Waals surface area contributed by atoms with Crippen LogP contribution in [0, 0.1) is 12.7 Å². The monoisotopic (exact) mass is 188 g/mol. The Hall–Kier alpha value is -0.900. The van der Waals surface area contributed by atoms with Crippen LogP contribution in [0.3, 0.4) is 0 Å². The van der Waals surface area contributed by atoms with Crippen LogP contribution in [0.15, 0.2) is 18.2 Å². The molecule has 66 valence electrons. The normalized spacial score (nSPS) is 10.6. The average molecular weight is 188 g/mol. The lowest BCUT2D eigenvalue weighted by Crippen LogP contribution is -1.91. The highest BCUT2D eigenvalue weighted by atomic mass is 32.2. The lowest BCUT2D eigenvalue weighted by Gasteiger charge is -2.00. The Kier molecular flexibility index (Phi) is 2.81. The smallest absolute Gasteiger partial charge is 0.144 e. The first-order chi connectivity index (χ1) is 5.59. The molecular formula is C8H9FO2S. The quantitative estimate of drug-likeness (QED) is 0.709. The molecule has 0 saturated heterocycles. The van der Waals surface area contributed by atoms with E-state index in [1.165, 1.54) is 12.1 Å². The summed E-state index contributed by atoms with van der Waals surface area (Å²) in [4.78, 5) is 0. The van der Waals surface area contributed by atoms with Gasteiger partial charge in [0.05, 0.1) is 5.75 Å². The Balaban J connectivity index is 3.05. The molecule has 2 nitrogen and oxygen atoms in total. The zero-order valence-corrected chi connectivity index (χ0v) is 7.48. The van der Waals surface area contributed by atoms with Gasteiger partial charge in [0.25, 0.3) is 0 Å². The fraction of sp³-hybridized carbons (Fsp3) is 0.250. The summed E-state index contributed by atoms with van der Waals surface area (Å²) >= 11 is 0. The van der Waals surface area contributed by atoms with Crippen molar-refractivity contribution in [2.24, 2.45) is 0 Å². The van der Waals surface area contributed by atoms with Crippen molar-refractivity contribution in [3.63, 3.8) is 0 Å². The van der Waals surface area contributed by atoms with E-state index < -0.39 is 16.5 Å². The molecule has 4 heteroatoms. The predicted molar refractivity (Wildman–Crippen MR) is 45.2 cm³/mol. The van der Waals surface area contributed by atoms with E-state index in [-0.39, 0.29) is 5.75 Å². The van der Waals surface area contributed by atoms with E-state index in [1.807, 2.05) is 0 Å². The van der Waals surface area contributed by atoms with E-state index in [9.17, 15) is 12.8 Å². The van der Waals surface area contributed by atoms with Crippen molar-refractivity contribution < 1.29 is 12.8 Å². The molecule has 1 rings (SSSR count). The average Bonchev–Trinajstić information content (AvgIpc) is 1.96. The summed E-state index contributed by atoms with van der Waals surface area (Å²) in [7, 11) is -2.47. The van der Waals surface area contributed by atoms with E-state index >= 15 is 0 Å². The van der Waals surface area contributed by atoms with Gasteiger partial charge in [-0.05, 0) is 30.2 Å². The molecule has 0 aromatic heterocycles. The van der Waals surface area contributed by atoms with Crippen molar-refractivity contribution in [3.05, 3.63) is 35.1 Å². The standard InChI is InChI=1S/C8H9FO2S/c1-6-2-3-8(9)4-7(6)5-12(10)11/h2-4,12H,5H2,1H3. The van der Waals surface area contributed by atoms with Gasteiger partial charge in [-0.1, -0.05) is 6.07 Å². The minimum atomic E-state index is -2.47. The molecule has 0 aliphatic heterocycles. The van der Waals surface area contributed by atoms with Crippen LogP contribution in [0.1, 0.15) is 11.1 Å². The molecule has 1 aromatic rings. The number of rotatable bonds is 2. The molecule has 12 heavy (non-hydrogen) atoms. The van der Waals surface area contributed by atoms with Gasteiger partial charge >= 0.3 is 0 Å². The molecule has 0 aliphatic carbocycles. The second kappa shape index (κ2) is 3.67. The molecule has 1 aromatic carbocycles. The van der Waals surface area contributed by atoms with E-state index in [2.05, 4.69) is 0 Å². The van der Waals surface area contributed by atoms with Crippen LogP contribution < -0.4 is 0 Å². The van der Waals surface area contributed by atoms with Gasteiger partial charge in [-0.25, -0.2) is 12.8 Å². The highest BCUT2D eigenvalue weighted by Crippen LogP contribution is 2.10. The fourth-order valence-corrected chi connectivity index (χ4v) is 1.57. The molecule has 0 saturated carbocycles. The molecule has 0 spiro atoms. The second-order valence-corrected chi connectivity index (χ2v) is 3.54. The molecule has 0 radical (unpaired) electrons. The number of thiol groups is 1. The Morgan fingerprint density at radius 1 is 1.42 bits per heavy atom. The first-order valence-corrected chi connectivity index (χ1v) is 4.82. The van der Waals surface area contributed by atoms with Crippen molar-refractivity contribution in [1.82, 2.24) is 0 Å². The van der Waals surface area contributed by atoms with Crippen molar-refractivity contribution in [2.75, 3.05) is 0 Å². The van der Waals surface area contributed by atoms with E-state index in [0.29, 0.717) is 5.56 Å². The maximum absolute atomic E-state index is 12.6. The lowest BCUT2D eigenvalue weighted by atomic mass is 10.1. The molecule has 0 atom stereocenters. The lowest BCUT2D eigenvalue weighted by molar-refractivity contribution is 0.612. The van der Waals surface area contributed by atoms with Gasteiger partial charge in [0.15, 0.2) is 0 Å². The summed E-state index contributed by atoms with van der Waals surface area (Å²) in [6.45, 7) is 1.76. The van der Waals surface area contributed by atoms with Crippen LogP contribution in [0.25, 0.3) is 0 Å². The molecule has 0 aliphatic rings. The van der Waals surface area contributed by atoms with Crippen LogP contribution in [0.4, 0.5) is 4.39 Å². The third-order valence-corrected chi connectivity index (χ3v) is 2.21. The maximum atomic E-state index is 12.6. The number of hydrogen-bond donors (Lipinski definition) is 1. The Labute approximate surface area is 72.0 Å². The Morgan fingerprint density at radius 2 is 2.08 bits per heavy atom. The van der Waals surface area contributed by atoms with E-state index in [4.69, 9.17) is 0 Å². The summed E-state index contributed by atoms with van der Waals surface area (Å²) in [5, 5.41) is 0. The van der Waals surface area contributed by atoms with Crippen LogP contribution in [0.5, 0.6) is 0 Å². The molecule has 0 heterocycles. The minimum Gasteiger partial charge on any atom is -0.232 e. The fourth-order valence-electron chi connectivity index (χ4n) is 0.949. The minimum absolute atomic E-state index is 0.0844. The van der Waals surface area contributed by atoms with Crippen molar-refractivity contribution >= 4 is 10.7 Å². The summed E-state index contributed by atoms with van der Waals surface area (Å²) in [6, 6.07) is 4.14. The first kappa shape index (κ1) is 9.19. The Morgan fingerprint density at radius 3 is 2.67 bits per heavy atom. The topological polar surface area (TPSA) is 34.1 Å². The van der Waals surface area contributed by atoms with Gasteiger partial charge < -0.3 is 0 Å². The number of hydrogen-bond acceptors (Lipinski definition) is 2. The van der Waals surface area contributed by atoms with E-state index in [1.54, 1.807) is 13.0 Å². The Bertz CT molecular complexity index is 350. The van der Waals surface area contributed by atoms with Gasteiger partial charge in [-0.2, -0.15) is 0 Å². The molecule has 0 fully saturated rings. The molecule has 0 N–H and O–H groups in total. The van der Waals surface area contributed by atoms with Crippen molar-refractivity contribution in [2.45, 2.75) is 12.7 Å². The van der Waals surface area contributed by atoms with Gasteiger partial charge in [0.1, 0.15) is 16.5 Å². The highest BCUT2D eigenvalue weighted by Gasteiger charge is 2.00. The van der Waals surface area contributed by atoms with E-state index in [0.717, 1.165) is 5.56 Å². The predicted octanol–water partition coefficient (Wildman–Crippen LogP) is 1.25.